The average molecular weight is 479 g/mol. The van der Waals surface area contributed by atoms with Crippen molar-refractivity contribution in [3.8, 4) is 0 Å². The van der Waals surface area contributed by atoms with Crippen LogP contribution in [0.2, 0.25) is 0 Å². The summed E-state index contributed by atoms with van der Waals surface area (Å²) in [7, 11) is 0. The largest absolute Gasteiger partial charge is 0.480 e. The highest BCUT2D eigenvalue weighted by Gasteiger charge is 2.30. The van der Waals surface area contributed by atoms with Gasteiger partial charge in [0.2, 0.25) is 23.6 Å². The molecule has 12 nitrogen and oxygen atoms in total. The highest BCUT2D eigenvalue weighted by molar-refractivity contribution is 5.96. The van der Waals surface area contributed by atoms with Gasteiger partial charge in [-0.25, -0.2) is 4.79 Å². The molecule has 0 spiro atoms. The molecule has 10 N–H and O–H groups in total. The third kappa shape index (κ3) is 10.4. The van der Waals surface area contributed by atoms with Gasteiger partial charge < -0.3 is 38.3 Å². The van der Waals surface area contributed by atoms with Crippen molar-refractivity contribution in [2.75, 3.05) is 6.54 Å². The first kappa shape index (κ1) is 28.5. The van der Waals surface area contributed by atoms with Crippen LogP contribution in [0.15, 0.2) is 30.3 Å². The van der Waals surface area contributed by atoms with Crippen LogP contribution in [0.5, 0.6) is 0 Å². The van der Waals surface area contributed by atoms with Crippen LogP contribution in [0.25, 0.3) is 0 Å². The second-order valence-corrected chi connectivity index (χ2v) is 7.94. The molecule has 0 radical (unpaired) electrons. The van der Waals surface area contributed by atoms with E-state index in [0.29, 0.717) is 31.4 Å². The van der Waals surface area contributed by atoms with Crippen molar-refractivity contribution >= 4 is 29.6 Å². The number of primary amides is 1. The minimum absolute atomic E-state index is 0.00629. The van der Waals surface area contributed by atoms with Crippen molar-refractivity contribution in [1.29, 1.82) is 0 Å². The molecule has 1 rings (SSSR count). The summed E-state index contributed by atoms with van der Waals surface area (Å²) in [5.74, 6) is -4.38. The molecule has 0 aliphatic rings. The first-order chi connectivity index (χ1) is 16.0. The molecular formula is C22H34N6O6. The van der Waals surface area contributed by atoms with E-state index < -0.39 is 60.2 Å². The maximum Gasteiger partial charge on any atom is 0.326 e. The normalized spacial score (nSPS) is 14.2. The lowest BCUT2D eigenvalue weighted by molar-refractivity contribution is -0.142. The van der Waals surface area contributed by atoms with E-state index in [-0.39, 0.29) is 6.42 Å². The number of unbranched alkanes of at least 4 members (excludes halogenated alkanes) is 1. The zero-order valence-electron chi connectivity index (χ0n) is 19.2. The quantitative estimate of drug-likeness (QED) is 0.141. The molecule has 0 bridgehead atoms. The van der Waals surface area contributed by atoms with E-state index >= 15 is 0 Å². The Bertz CT molecular complexity index is 850. The van der Waals surface area contributed by atoms with Crippen molar-refractivity contribution in [3.05, 3.63) is 35.9 Å². The van der Waals surface area contributed by atoms with Gasteiger partial charge in [-0.2, -0.15) is 0 Å². The number of carbonyl (C=O) groups excluding carboxylic acids is 4. The third-order valence-corrected chi connectivity index (χ3v) is 4.99. The number of amides is 4. The molecule has 4 amide bonds. The SMILES string of the molecule is CC(NC(=O)C(N)CCCCN)C(=O)NC(CC(N)=O)C(=O)NC(Cc1ccccc1)C(=O)O. The van der Waals surface area contributed by atoms with Crippen LogP contribution in [0, 0.1) is 0 Å². The van der Waals surface area contributed by atoms with E-state index in [1.54, 1.807) is 30.3 Å². The number of hydrogen-bond acceptors (Lipinski definition) is 7. The summed E-state index contributed by atoms with van der Waals surface area (Å²) in [6, 6.07) is 4.00. The molecule has 0 fully saturated rings. The molecule has 0 aliphatic carbocycles. The van der Waals surface area contributed by atoms with Crippen molar-refractivity contribution in [2.24, 2.45) is 17.2 Å². The number of carbonyl (C=O) groups is 5. The molecular weight excluding hydrogens is 444 g/mol. The van der Waals surface area contributed by atoms with Crippen LogP contribution in [0.3, 0.4) is 0 Å². The topological polar surface area (TPSA) is 220 Å². The first-order valence-electron chi connectivity index (χ1n) is 11.0. The van der Waals surface area contributed by atoms with Crippen LogP contribution in [-0.4, -0.2) is 65.4 Å². The van der Waals surface area contributed by atoms with Gasteiger partial charge in [0, 0.05) is 6.42 Å². The van der Waals surface area contributed by atoms with E-state index in [4.69, 9.17) is 17.2 Å². The average Bonchev–Trinajstić information content (AvgIpc) is 2.78. The number of carboxylic acid groups (broad SMARTS) is 1. The Kier molecular flexibility index (Phi) is 12.2. The molecule has 12 heteroatoms. The number of nitrogens with two attached hydrogens (primary N) is 3. The van der Waals surface area contributed by atoms with Gasteiger partial charge in [-0.3, -0.25) is 19.2 Å². The van der Waals surface area contributed by atoms with Gasteiger partial charge in [0.15, 0.2) is 0 Å². The van der Waals surface area contributed by atoms with Gasteiger partial charge in [0.1, 0.15) is 18.1 Å². The van der Waals surface area contributed by atoms with Crippen LogP contribution in [0.4, 0.5) is 0 Å². The Hall–Kier alpha value is -3.51. The maximum atomic E-state index is 12.7. The Morgan fingerprint density at radius 1 is 0.912 bits per heavy atom. The molecule has 0 aromatic heterocycles. The number of aliphatic carboxylic acids is 1. The zero-order chi connectivity index (χ0) is 25.7. The maximum absolute atomic E-state index is 12.7. The lowest BCUT2D eigenvalue weighted by atomic mass is 10.0. The summed E-state index contributed by atoms with van der Waals surface area (Å²) < 4.78 is 0. The minimum Gasteiger partial charge on any atom is -0.480 e. The van der Waals surface area contributed by atoms with Crippen LogP contribution in [-0.2, 0) is 30.4 Å². The minimum atomic E-state index is -1.43. The predicted octanol–water partition coefficient (Wildman–Crippen LogP) is -1.88. The number of benzene rings is 1. The molecule has 1 aromatic rings. The van der Waals surface area contributed by atoms with Crippen LogP contribution < -0.4 is 33.2 Å². The number of hydrogen-bond donors (Lipinski definition) is 7. The lowest BCUT2D eigenvalue weighted by Crippen LogP contribution is -2.57. The summed E-state index contributed by atoms with van der Waals surface area (Å²) in [6.45, 7) is 1.86. The Morgan fingerprint density at radius 2 is 1.53 bits per heavy atom. The fourth-order valence-corrected chi connectivity index (χ4v) is 3.06. The predicted molar refractivity (Wildman–Crippen MR) is 124 cm³/mol. The Morgan fingerprint density at radius 3 is 2.09 bits per heavy atom. The van der Waals surface area contributed by atoms with Gasteiger partial charge in [-0.1, -0.05) is 36.8 Å². The van der Waals surface area contributed by atoms with Gasteiger partial charge in [0.05, 0.1) is 12.5 Å². The number of carboxylic acids is 1. The van der Waals surface area contributed by atoms with Crippen molar-refractivity contribution < 1.29 is 29.1 Å². The Balaban J connectivity index is 2.78. The van der Waals surface area contributed by atoms with E-state index in [0.717, 1.165) is 0 Å². The highest BCUT2D eigenvalue weighted by Crippen LogP contribution is 2.05. The molecule has 0 heterocycles. The lowest BCUT2D eigenvalue weighted by Gasteiger charge is -2.23. The molecule has 0 saturated carbocycles. The van der Waals surface area contributed by atoms with Crippen LogP contribution in [0.1, 0.15) is 38.2 Å². The molecule has 188 valence electrons. The van der Waals surface area contributed by atoms with Gasteiger partial charge in [0.25, 0.3) is 0 Å². The van der Waals surface area contributed by atoms with Crippen molar-refractivity contribution in [1.82, 2.24) is 16.0 Å². The van der Waals surface area contributed by atoms with Crippen LogP contribution >= 0.6 is 0 Å². The fourth-order valence-electron chi connectivity index (χ4n) is 3.06. The number of nitrogens with one attached hydrogen (secondary N) is 3. The van der Waals surface area contributed by atoms with Gasteiger partial charge >= 0.3 is 5.97 Å². The highest BCUT2D eigenvalue weighted by atomic mass is 16.4. The van der Waals surface area contributed by atoms with E-state index in [9.17, 15) is 29.1 Å². The summed E-state index contributed by atoms with van der Waals surface area (Å²) >= 11 is 0. The molecule has 1 aromatic carbocycles. The molecule has 4 atom stereocenters. The summed E-state index contributed by atoms with van der Waals surface area (Å²) in [5.41, 5.74) is 17.1. The van der Waals surface area contributed by atoms with Crippen molar-refractivity contribution in [2.45, 2.75) is 63.2 Å². The monoisotopic (exact) mass is 478 g/mol. The molecule has 0 aliphatic heterocycles. The molecule has 34 heavy (non-hydrogen) atoms. The number of rotatable bonds is 15. The third-order valence-electron chi connectivity index (χ3n) is 4.99. The molecule has 0 saturated heterocycles. The standard InChI is InChI=1S/C22H34N6O6/c1-13(26-20(31)15(24)9-5-6-10-23)19(30)27-16(12-18(25)29)21(32)28-17(22(33)34)11-14-7-3-2-4-8-14/h2-4,7-8,13,15-17H,5-6,9-12,23-24H2,1H3,(H2,25,29)(H,26,31)(H,27,30)(H,28,32)(H,33,34). The summed E-state index contributed by atoms with van der Waals surface area (Å²) in [5, 5.41) is 16.6. The van der Waals surface area contributed by atoms with E-state index in [1.807, 2.05) is 0 Å². The zero-order valence-corrected chi connectivity index (χ0v) is 19.2. The second kappa shape index (κ2) is 14.6. The van der Waals surface area contributed by atoms with Gasteiger partial charge in [-0.15, -0.1) is 0 Å². The second-order valence-electron chi connectivity index (χ2n) is 7.94. The first-order valence-corrected chi connectivity index (χ1v) is 11.0. The summed E-state index contributed by atoms with van der Waals surface area (Å²) in [4.78, 5) is 60.5. The van der Waals surface area contributed by atoms with Gasteiger partial charge in [-0.05, 0) is 31.9 Å². The molecule has 4 unspecified atom stereocenters. The fraction of sp³-hybridized carbons (Fsp3) is 0.500. The van der Waals surface area contributed by atoms with E-state index in [1.165, 1.54) is 6.92 Å². The van der Waals surface area contributed by atoms with E-state index in [2.05, 4.69) is 16.0 Å². The Labute approximate surface area is 198 Å². The summed E-state index contributed by atoms with van der Waals surface area (Å²) in [6.07, 6.45) is 1.19. The smallest absolute Gasteiger partial charge is 0.326 e. The van der Waals surface area contributed by atoms with Crippen molar-refractivity contribution in [3.63, 3.8) is 0 Å².